The maximum atomic E-state index is 6.85. The SMILES string of the molecule is Cc1c2c(c3c4c(cccc14)CCC3)Oc1cc([Si](C)(C)C)cc3cc[n+](C)c-2c13. The molecule has 0 radical (unpaired) electrons. The Morgan fingerprint density at radius 1 is 1.00 bits per heavy atom. The minimum atomic E-state index is -1.46. The van der Waals surface area contributed by atoms with E-state index < -0.39 is 8.07 Å². The van der Waals surface area contributed by atoms with E-state index in [1.165, 1.54) is 67.5 Å². The van der Waals surface area contributed by atoms with E-state index in [-0.39, 0.29) is 0 Å². The number of rotatable bonds is 1. The Balaban J connectivity index is 1.80. The predicted molar refractivity (Wildman–Crippen MR) is 128 cm³/mol. The summed E-state index contributed by atoms with van der Waals surface area (Å²) in [5.74, 6) is 2.15. The zero-order valence-corrected chi connectivity index (χ0v) is 19.5. The third kappa shape index (κ3) is 2.33. The molecule has 30 heavy (non-hydrogen) atoms. The highest BCUT2D eigenvalue weighted by atomic mass is 28.3. The number of aromatic nitrogens is 1. The van der Waals surface area contributed by atoms with Crippen LogP contribution in [0.2, 0.25) is 19.6 Å². The summed E-state index contributed by atoms with van der Waals surface area (Å²) in [7, 11) is 0.715. The fourth-order valence-corrected chi connectivity index (χ4v) is 6.68. The van der Waals surface area contributed by atoms with Gasteiger partial charge >= 0.3 is 0 Å². The Hall–Kier alpha value is -2.65. The smallest absolute Gasteiger partial charge is 0.228 e. The molecule has 1 aliphatic carbocycles. The number of ether oxygens (including phenoxy) is 1. The molecule has 1 aliphatic heterocycles. The highest BCUT2D eigenvalue weighted by Gasteiger charge is 2.34. The van der Waals surface area contributed by atoms with E-state index in [2.05, 4.69) is 80.8 Å². The lowest BCUT2D eigenvalue weighted by Crippen LogP contribution is -2.38. The molecule has 6 rings (SSSR count). The van der Waals surface area contributed by atoms with Gasteiger partial charge in [0, 0.05) is 11.6 Å². The molecule has 0 unspecified atom stereocenters. The number of hydrogen-bond donors (Lipinski definition) is 0. The molecular formula is C27H28NOSi+. The summed E-state index contributed by atoms with van der Waals surface area (Å²) in [6, 6.07) is 13.8. The van der Waals surface area contributed by atoms with Crippen molar-refractivity contribution in [3.05, 3.63) is 59.3 Å². The van der Waals surface area contributed by atoms with Crippen molar-refractivity contribution in [3.8, 4) is 22.8 Å². The van der Waals surface area contributed by atoms with Crippen molar-refractivity contribution in [2.45, 2.75) is 45.8 Å². The number of nitrogens with zero attached hydrogens (tertiary/aromatic N) is 1. The highest BCUT2D eigenvalue weighted by molar-refractivity contribution is 6.88. The molecule has 2 nitrogen and oxygen atoms in total. The summed E-state index contributed by atoms with van der Waals surface area (Å²) in [5.41, 5.74) is 6.83. The second-order valence-electron chi connectivity index (χ2n) is 10.1. The van der Waals surface area contributed by atoms with Crippen LogP contribution in [0.4, 0.5) is 0 Å². The lowest BCUT2D eigenvalue weighted by atomic mass is 9.82. The molecule has 2 heterocycles. The lowest BCUT2D eigenvalue weighted by molar-refractivity contribution is -0.659. The molecule has 0 N–H and O–H groups in total. The van der Waals surface area contributed by atoms with Gasteiger partial charge in [0.05, 0.1) is 19.0 Å². The summed E-state index contributed by atoms with van der Waals surface area (Å²) in [5, 5.41) is 6.85. The quantitative estimate of drug-likeness (QED) is 0.246. The van der Waals surface area contributed by atoms with E-state index in [1.54, 1.807) is 0 Å². The van der Waals surface area contributed by atoms with Crippen molar-refractivity contribution in [3.63, 3.8) is 0 Å². The Bertz CT molecular complexity index is 1390. The van der Waals surface area contributed by atoms with Crippen LogP contribution in [0.1, 0.15) is 23.1 Å². The van der Waals surface area contributed by atoms with Gasteiger partial charge in [-0.05, 0) is 59.5 Å². The fraction of sp³-hybridized carbons (Fsp3) is 0.296. The van der Waals surface area contributed by atoms with Crippen molar-refractivity contribution in [1.29, 1.82) is 0 Å². The van der Waals surface area contributed by atoms with Gasteiger partial charge in [-0.25, -0.2) is 4.57 Å². The molecule has 3 heteroatoms. The predicted octanol–water partition coefficient (Wildman–Crippen LogP) is 5.93. The number of hydrogen-bond acceptors (Lipinski definition) is 1. The van der Waals surface area contributed by atoms with Gasteiger partial charge in [-0.2, -0.15) is 0 Å². The van der Waals surface area contributed by atoms with Gasteiger partial charge in [0.2, 0.25) is 5.69 Å². The second-order valence-corrected chi connectivity index (χ2v) is 15.1. The van der Waals surface area contributed by atoms with Crippen LogP contribution >= 0.6 is 0 Å². The van der Waals surface area contributed by atoms with Crippen LogP contribution in [0.25, 0.3) is 32.8 Å². The van der Waals surface area contributed by atoms with E-state index in [0.717, 1.165) is 17.9 Å². The summed E-state index contributed by atoms with van der Waals surface area (Å²) in [6.07, 6.45) is 5.68. The summed E-state index contributed by atoms with van der Waals surface area (Å²) in [6.45, 7) is 9.51. The lowest BCUT2D eigenvalue weighted by Gasteiger charge is -2.29. The first kappa shape index (κ1) is 18.1. The van der Waals surface area contributed by atoms with Gasteiger partial charge in [-0.15, -0.1) is 0 Å². The molecule has 2 aliphatic rings. The Labute approximate surface area is 179 Å². The number of aryl methyl sites for hydroxylation is 4. The third-order valence-electron chi connectivity index (χ3n) is 7.12. The van der Waals surface area contributed by atoms with Crippen molar-refractivity contribution in [2.75, 3.05) is 0 Å². The second kappa shape index (κ2) is 5.95. The van der Waals surface area contributed by atoms with Crippen molar-refractivity contribution in [2.24, 2.45) is 7.05 Å². The zero-order valence-electron chi connectivity index (χ0n) is 18.5. The van der Waals surface area contributed by atoms with Gasteiger partial charge in [-0.1, -0.05) is 49.1 Å². The first-order chi connectivity index (χ1) is 14.3. The molecule has 0 spiro atoms. The van der Waals surface area contributed by atoms with Gasteiger partial charge < -0.3 is 4.74 Å². The van der Waals surface area contributed by atoms with E-state index in [9.17, 15) is 0 Å². The normalized spacial score (nSPS) is 14.7. The molecule has 3 aromatic carbocycles. The summed E-state index contributed by atoms with van der Waals surface area (Å²) < 4.78 is 9.14. The molecule has 0 saturated heterocycles. The summed E-state index contributed by atoms with van der Waals surface area (Å²) in [4.78, 5) is 0. The fourth-order valence-electron chi connectivity index (χ4n) is 5.53. The van der Waals surface area contributed by atoms with Crippen LogP contribution in [-0.2, 0) is 19.9 Å². The molecular weight excluding hydrogens is 382 g/mol. The van der Waals surface area contributed by atoms with Crippen LogP contribution in [0.15, 0.2) is 42.6 Å². The van der Waals surface area contributed by atoms with Crippen molar-refractivity contribution >= 4 is 34.8 Å². The number of pyridine rings is 1. The third-order valence-corrected chi connectivity index (χ3v) is 9.14. The van der Waals surface area contributed by atoms with E-state index in [1.807, 2.05) is 0 Å². The Kier molecular flexibility index (Phi) is 3.60. The minimum Gasteiger partial charge on any atom is -0.455 e. The van der Waals surface area contributed by atoms with Crippen molar-refractivity contribution in [1.82, 2.24) is 0 Å². The Morgan fingerprint density at radius 3 is 2.63 bits per heavy atom. The van der Waals surface area contributed by atoms with Crippen LogP contribution in [0.5, 0.6) is 11.5 Å². The summed E-state index contributed by atoms with van der Waals surface area (Å²) >= 11 is 0. The van der Waals surface area contributed by atoms with Crippen LogP contribution in [0, 0.1) is 6.92 Å². The molecule has 1 aromatic heterocycles. The molecule has 0 saturated carbocycles. The maximum Gasteiger partial charge on any atom is 0.228 e. The maximum absolute atomic E-state index is 6.85. The molecule has 0 amide bonds. The average molecular weight is 411 g/mol. The first-order valence-electron chi connectivity index (χ1n) is 11.1. The highest BCUT2D eigenvalue weighted by Crippen LogP contribution is 2.51. The van der Waals surface area contributed by atoms with Crippen LogP contribution in [-0.4, -0.2) is 8.07 Å². The van der Waals surface area contributed by atoms with Crippen LogP contribution in [0.3, 0.4) is 0 Å². The number of fused-ring (bicyclic) bond motifs is 3. The molecule has 150 valence electrons. The van der Waals surface area contributed by atoms with E-state index in [0.29, 0.717) is 0 Å². The van der Waals surface area contributed by atoms with Gasteiger partial charge in [-0.3, -0.25) is 0 Å². The van der Waals surface area contributed by atoms with Gasteiger partial charge in [0.1, 0.15) is 18.5 Å². The average Bonchev–Trinajstić information content (AvgIpc) is 2.72. The monoisotopic (exact) mass is 410 g/mol. The van der Waals surface area contributed by atoms with Gasteiger partial charge in [0.25, 0.3) is 0 Å². The first-order valence-corrected chi connectivity index (χ1v) is 14.6. The molecule has 0 bridgehead atoms. The topological polar surface area (TPSA) is 13.1 Å². The number of benzene rings is 3. The molecule has 0 fully saturated rings. The van der Waals surface area contributed by atoms with Crippen molar-refractivity contribution < 1.29 is 9.30 Å². The van der Waals surface area contributed by atoms with Gasteiger partial charge in [0.15, 0.2) is 6.20 Å². The Morgan fingerprint density at radius 2 is 1.83 bits per heavy atom. The van der Waals surface area contributed by atoms with E-state index in [4.69, 9.17) is 4.74 Å². The minimum absolute atomic E-state index is 1.04. The zero-order chi connectivity index (χ0) is 20.8. The molecule has 0 atom stereocenters. The van der Waals surface area contributed by atoms with E-state index >= 15 is 0 Å². The van der Waals surface area contributed by atoms with Crippen LogP contribution < -0.4 is 14.5 Å². The standard InChI is InChI=1S/C27H28NOSi/c1-16-20-10-6-8-17-9-7-11-21(24(17)20)27-23(16)26-25-18(12-13-28(26)2)14-19(30(3,4)5)15-22(25)29-27/h6,8,10,12-15H,7,9,11H2,1-5H3/q+1. The molecule has 4 aromatic rings. The largest absolute Gasteiger partial charge is 0.455 e.